The average molecular weight is 399 g/mol. The first-order valence-corrected chi connectivity index (χ1v) is 8.32. The number of carbonyl (C=O) groups excluding carboxylic acids is 1. The molecule has 0 aliphatic rings. The highest BCUT2D eigenvalue weighted by Crippen LogP contribution is 2.27. The van der Waals surface area contributed by atoms with E-state index in [1.54, 1.807) is 18.2 Å². The number of halogens is 2. The molecule has 2 aromatic rings. The monoisotopic (exact) mass is 397 g/mol. The Morgan fingerprint density at radius 1 is 1.17 bits per heavy atom. The quantitative estimate of drug-likeness (QED) is 0.760. The van der Waals surface area contributed by atoms with Crippen LogP contribution in [0.1, 0.15) is 12.5 Å². The van der Waals surface area contributed by atoms with Crippen molar-refractivity contribution in [1.29, 1.82) is 0 Å². The highest BCUT2D eigenvalue weighted by Gasteiger charge is 2.08. The van der Waals surface area contributed by atoms with Gasteiger partial charge in [0.25, 0.3) is 5.91 Å². The van der Waals surface area contributed by atoms with Crippen molar-refractivity contribution in [3.8, 4) is 11.5 Å². The van der Waals surface area contributed by atoms with Gasteiger partial charge in [-0.05, 0) is 31.2 Å². The molecular formula is C17H17BrClNO3. The molecule has 2 aromatic carbocycles. The Balaban J connectivity index is 1.86. The number of rotatable bonds is 7. The molecule has 0 aliphatic carbocycles. The number of nitrogens with one attached hydrogen (secondary N) is 1. The summed E-state index contributed by atoms with van der Waals surface area (Å²) in [5.41, 5.74) is 0.921. The molecule has 0 aliphatic heterocycles. The minimum Gasteiger partial charge on any atom is -0.494 e. The smallest absolute Gasteiger partial charge is 0.258 e. The lowest BCUT2D eigenvalue weighted by Gasteiger charge is -2.12. The van der Waals surface area contributed by atoms with E-state index in [0.717, 1.165) is 15.8 Å². The van der Waals surface area contributed by atoms with Crippen LogP contribution < -0.4 is 14.8 Å². The molecule has 1 N–H and O–H groups in total. The van der Waals surface area contributed by atoms with E-state index in [4.69, 9.17) is 21.1 Å². The van der Waals surface area contributed by atoms with E-state index in [0.29, 0.717) is 23.9 Å². The molecule has 0 bridgehead atoms. The fourth-order valence-corrected chi connectivity index (χ4v) is 2.65. The first-order chi connectivity index (χ1) is 11.1. The van der Waals surface area contributed by atoms with Crippen LogP contribution in [0.5, 0.6) is 11.5 Å². The summed E-state index contributed by atoms with van der Waals surface area (Å²) in [6.07, 6.45) is 0. The first-order valence-electron chi connectivity index (χ1n) is 7.15. The van der Waals surface area contributed by atoms with Gasteiger partial charge in [-0.2, -0.15) is 0 Å². The molecule has 2 rings (SSSR count). The van der Waals surface area contributed by atoms with Crippen LogP contribution in [-0.4, -0.2) is 19.1 Å². The lowest BCUT2D eigenvalue weighted by molar-refractivity contribution is -0.123. The van der Waals surface area contributed by atoms with Gasteiger partial charge in [0.1, 0.15) is 11.5 Å². The van der Waals surface area contributed by atoms with E-state index in [-0.39, 0.29) is 12.5 Å². The number of para-hydroxylation sites is 1. The van der Waals surface area contributed by atoms with Gasteiger partial charge in [0, 0.05) is 16.6 Å². The van der Waals surface area contributed by atoms with Gasteiger partial charge < -0.3 is 14.8 Å². The summed E-state index contributed by atoms with van der Waals surface area (Å²) in [5, 5.41) is 3.26. The molecule has 0 fully saturated rings. The molecule has 0 spiro atoms. The van der Waals surface area contributed by atoms with Gasteiger partial charge >= 0.3 is 0 Å². The van der Waals surface area contributed by atoms with E-state index in [2.05, 4.69) is 21.2 Å². The van der Waals surface area contributed by atoms with Crippen molar-refractivity contribution in [3.05, 3.63) is 57.5 Å². The zero-order valence-corrected chi connectivity index (χ0v) is 15.0. The molecule has 0 atom stereocenters. The summed E-state index contributed by atoms with van der Waals surface area (Å²) < 4.78 is 11.8. The van der Waals surface area contributed by atoms with Crippen molar-refractivity contribution in [2.75, 3.05) is 13.2 Å². The van der Waals surface area contributed by atoms with Gasteiger partial charge in [-0.1, -0.05) is 45.7 Å². The van der Waals surface area contributed by atoms with Gasteiger partial charge in [-0.3, -0.25) is 4.79 Å². The van der Waals surface area contributed by atoms with Gasteiger partial charge in [-0.25, -0.2) is 0 Å². The molecule has 0 aromatic heterocycles. The third-order valence-electron chi connectivity index (χ3n) is 3.00. The van der Waals surface area contributed by atoms with Crippen LogP contribution >= 0.6 is 27.5 Å². The number of carbonyl (C=O) groups is 1. The van der Waals surface area contributed by atoms with Gasteiger partial charge in [-0.15, -0.1) is 0 Å². The Bertz CT molecular complexity index is 679. The molecule has 1 amide bonds. The lowest BCUT2D eigenvalue weighted by Crippen LogP contribution is -2.28. The number of hydrogen-bond donors (Lipinski definition) is 1. The molecular weight excluding hydrogens is 382 g/mol. The molecule has 0 saturated heterocycles. The van der Waals surface area contributed by atoms with E-state index in [1.807, 2.05) is 31.2 Å². The summed E-state index contributed by atoms with van der Waals surface area (Å²) in [5.74, 6) is 1.02. The van der Waals surface area contributed by atoms with Crippen molar-refractivity contribution >= 4 is 33.4 Å². The summed E-state index contributed by atoms with van der Waals surface area (Å²) >= 11 is 9.35. The van der Waals surface area contributed by atoms with E-state index in [1.165, 1.54) is 0 Å². The van der Waals surface area contributed by atoms with Gasteiger partial charge in [0.2, 0.25) is 0 Å². The second-order valence-electron chi connectivity index (χ2n) is 4.68. The molecule has 6 heteroatoms. The van der Waals surface area contributed by atoms with Crippen LogP contribution in [0.2, 0.25) is 5.02 Å². The lowest BCUT2D eigenvalue weighted by atomic mass is 10.2. The number of hydrogen-bond acceptors (Lipinski definition) is 3. The van der Waals surface area contributed by atoms with Crippen LogP contribution in [0, 0.1) is 0 Å². The molecule has 0 unspecified atom stereocenters. The predicted octanol–water partition coefficient (Wildman–Crippen LogP) is 4.20. The fraction of sp³-hybridized carbons (Fsp3) is 0.235. The zero-order valence-electron chi connectivity index (χ0n) is 12.6. The SMILES string of the molecule is CCOc1ccccc1CNC(=O)COc1ccc(Br)cc1Cl. The van der Waals surface area contributed by atoms with E-state index >= 15 is 0 Å². The fourth-order valence-electron chi connectivity index (χ4n) is 1.93. The molecule has 0 radical (unpaired) electrons. The second-order valence-corrected chi connectivity index (χ2v) is 6.00. The maximum atomic E-state index is 11.9. The Kier molecular flexibility index (Phi) is 6.74. The number of ether oxygens (including phenoxy) is 2. The second kappa shape index (κ2) is 8.79. The van der Waals surface area contributed by atoms with Crippen molar-refractivity contribution in [3.63, 3.8) is 0 Å². The minimum absolute atomic E-state index is 0.0991. The van der Waals surface area contributed by atoms with Crippen LogP contribution in [0.25, 0.3) is 0 Å². The van der Waals surface area contributed by atoms with Crippen molar-refractivity contribution in [2.24, 2.45) is 0 Å². The maximum absolute atomic E-state index is 11.9. The van der Waals surface area contributed by atoms with Crippen LogP contribution in [0.15, 0.2) is 46.9 Å². The number of benzene rings is 2. The maximum Gasteiger partial charge on any atom is 0.258 e. The normalized spacial score (nSPS) is 10.2. The number of amides is 1. The highest BCUT2D eigenvalue weighted by atomic mass is 79.9. The highest BCUT2D eigenvalue weighted by molar-refractivity contribution is 9.10. The minimum atomic E-state index is -0.227. The first kappa shape index (κ1) is 17.6. The summed E-state index contributed by atoms with van der Waals surface area (Å²) in [4.78, 5) is 11.9. The van der Waals surface area contributed by atoms with Crippen LogP contribution in [0.3, 0.4) is 0 Å². The summed E-state index contributed by atoms with van der Waals surface area (Å²) in [7, 11) is 0. The molecule has 0 saturated carbocycles. The molecule has 23 heavy (non-hydrogen) atoms. The summed E-state index contributed by atoms with van der Waals surface area (Å²) in [6, 6.07) is 12.8. The third kappa shape index (κ3) is 5.44. The van der Waals surface area contributed by atoms with Gasteiger partial charge in [0.05, 0.1) is 11.6 Å². The Morgan fingerprint density at radius 2 is 1.96 bits per heavy atom. The Hall–Kier alpha value is -1.72. The zero-order chi connectivity index (χ0) is 16.7. The summed E-state index contributed by atoms with van der Waals surface area (Å²) in [6.45, 7) is 2.78. The molecule has 122 valence electrons. The van der Waals surface area contributed by atoms with E-state index < -0.39 is 0 Å². The largest absolute Gasteiger partial charge is 0.494 e. The molecule has 0 heterocycles. The standard InChI is InChI=1S/C17H17BrClNO3/c1-2-22-15-6-4-3-5-12(15)10-20-17(21)11-23-16-8-7-13(18)9-14(16)19/h3-9H,2,10-11H2,1H3,(H,20,21). The Labute approximate surface area is 148 Å². The van der Waals surface area contributed by atoms with Crippen molar-refractivity contribution in [1.82, 2.24) is 5.32 Å². The third-order valence-corrected chi connectivity index (χ3v) is 3.79. The van der Waals surface area contributed by atoms with Crippen LogP contribution in [0.4, 0.5) is 0 Å². The van der Waals surface area contributed by atoms with Crippen molar-refractivity contribution in [2.45, 2.75) is 13.5 Å². The topological polar surface area (TPSA) is 47.6 Å². The predicted molar refractivity (Wildman–Crippen MR) is 94.1 cm³/mol. The van der Waals surface area contributed by atoms with E-state index in [9.17, 15) is 4.79 Å². The van der Waals surface area contributed by atoms with Crippen LogP contribution in [-0.2, 0) is 11.3 Å². The Morgan fingerprint density at radius 3 is 2.70 bits per heavy atom. The van der Waals surface area contributed by atoms with Crippen molar-refractivity contribution < 1.29 is 14.3 Å². The average Bonchev–Trinajstić information content (AvgIpc) is 2.53. The molecule has 4 nitrogen and oxygen atoms in total. The van der Waals surface area contributed by atoms with Gasteiger partial charge in [0.15, 0.2) is 6.61 Å².